The number of aliphatic hydroxyl groups excluding tert-OH is 4. The molecule has 0 aromatic carbocycles. The van der Waals surface area contributed by atoms with E-state index in [1.165, 1.54) is 14.2 Å². The molecule has 4 heterocycles. The molecule has 6 N–H and O–H groups in total. The summed E-state index contributed by atoms with van der Waals surface area (Å²) in [5.74, 6) is -12.1. The van der Waals surface area contributed by atoms with Gasteiger partial charge in [0.25, 0.3) is 11.7 Å². The molecule has 0 aromatic heterocycles. The highest BCUT2D eigenvalue weighted by atomic mass is 16.9. The van der Waals surface area contributed by atoms with Crippen LogP contribution in [0, 0.1) is 35.5 Å². The van der Waals surface area contributed by atoms with Crippen LogP contribution < -0.4 is 0 Å². The second-order valence-corrected chi connectivity index (χ2v) is 22.5. The summed E-state index contributed by atoms with van der Waals surface area (Å²) < 4.78 is 44.9. The first kappa shape index (κ1) is 64.6. The maximum Gasteiger partial charge on any atom is 0.513 e. The Morgan fingerprint density at radius 1 is 0.833 bits per heavy atom. The molecule has 0 radical (unpaired) electrons. The number of amides is 1. The van der Waals surface area contributed by atoms with Gasteiger partial charge in [0.05, 0.1) is 24.9 Å². The molecule has 4 fully saturated rings. The van der Waals surface area contributed by atoms with E-state index in [0.29, 0.717) is 56.9 Å². The van der Waals surface area contributed by atoms with E-state index in [2.05, 4.69) is 0 Å². The molecular formula is C57H87NO20. The summed E-state index contributed by atoms with van der Waals surface area (Å²) >= 11 is 0. The number of nitrogens with zero attached hydrogens (tertiary/aromatic N) is 1. The van der Waals surface area contributed by atoms with Gasteiger partial charge in [0.1, 0.15) is 48.4 Å². The lowest BCUT2D eigenvalue weighted by Crippen LogP contribution is -2.62. The standard InChI is InChI=1S/C57H87NO20/c1-31-16-12-11-13-17-32(2)44(71-8)28-39-21-19-37(7)56(69,77-39)52(65)53(66)58-23-15-14-18-40(58)54(67)75-45(29-41(59)33(3)25-36(6)48(62)50(73-10)47(61)35(5)24-31)34(4)26-38-20-22-43(46(27-38)72-9)76-55(68)78-57(70)51(64)49(63)42(60)30-74-57/h11-13,16-17,25,31,33-35,37-40,42-46,48-51,60,62-64,69-70H,14-15,18-24,26-30H2,1-10H3/b13-11?,16-12+,32-17?,36-25+/t31-,33-,34-,35-,37-,38-,39+,40+,42+,43-,44+,45+,46-,48-,49?,50+,51+,56-,57+/m1/s1. The van der Waals surface area contributed by atoms with Crippen LogP contribution in [-0.4, -0.2) is 184 Å². The van der Waals surface area contributed by atoms with E-state index in [4.69, 9.17) is 37.9 Å². The number of esters is 1. The summed E-state index contributed by atoms with van der Waals surface area (Å²) in [6.07, 6.45) is 1.17. The molecular weight excluding hydrogens is 1020 g/mol. The molecule has 0 aromatic rings. The second kappa shape index (κ2) is 28.9. The first-order chi connectivity index (χ1) is 36.8. The number of hydrogen-bond acceptors (Lipinski definition) is 20. The van der Waals surface area contributed by atoms with Crippen LogP contribution in [0.4, 0.5) is 4.79 Å². The van der Waals surface area contributed by atoms with Crippen molar-refractivity contribution in [3.05, 3.63) is 47.6 Å². The number of cyclic esters (lactones) is 1. The third kappa shape index (κ3) is 16.2. The molecule has 2 bridgehead atoms. The van der Waals surface area contributed by atoms with Crippen molar-refractivity contribution in [1.82, 2.24) is 4.90 Å². The van der Waals surface area contributed by atoms with Gasteiger partial charge in [-0.05, 0) is 107 Å². The monoisotopic (exact) mass is 1110 g/mol. The Morgan fingerprint density at radius 2 is 1.55 bits per heavy atom. The van der Waals surface area contributed by atoms with Crippen LogP contribution >= 0.6 is 0 Å². The van der Waals surface area contributed by atoms with Crippen molar-refractivity contribution in [2.45, 2.75) is 204 Å². The molecule has 5 rings (SSSR count). The van der Waals surface area contributed by atoms with Crippen molar-refractivity contribution in [3.8, 4) is 0 Å². The van der Waals surface area contributed by atoms with E-state index in [1.54, 1.807) is 40.9 Å². The van der Waals surface area contributed by atoms with Crippen LogP contribution in [0.25, 0.3) is 0 Å². The number of fused-ring (bicyclic) bond motifs is 3. The number of Topliss-reactive ketones (excluding diaryl/α,β-unsaturated/α-hetero) is 3. The van der Waals surface area contributed by atoms with Crippen molar-refractivity contribution in [2.24, 2.45) is 35.5 Å². The fraction of sp³-hybridized carbons (Fsp3) is 0.754. The van der Waals surface area contributed by atoms with E-state index >= 15 is 0 Å². The third-order valence-corrected chi connectivity index (χ3v) is 16.5. The molecule has 21 nitrogen and oxygen atoms in total. The number of ketones is 3. The Balaban J connectivity index is 1.42. The highest BCUT2D eigenvalue weighted by Gasteiger charge is 2.55. The van der Waals surface area contributed by atoms with E-state index in [9.17, 15) is 59.4 Å². The minimum absolute atomic E-state index is 0.0111. The van der Waals surface area contributed by atoms with E-state index in [-0.39, 0.29) is 55.6 Å². The van der Waals surface area contributed by atoms with Gasteiger partial charge in [0, 0.05) is 58.5 Å². The number of rotatable bonds is 8. The Bertz CT molecular complexity index is 2200. The summed E-state index contributed by atoms with van der Waals surface area (Å²) in [5.41, 5.74) is 1.16. The summed E-state index contributed by atoms with van der Waals surface area (Å²) in [6, 6.07) is -1.25. The number of aliphatic hydroxyl groups is 6. The second-order valence-electron chi connectivity index (χ2n) is 22.5. The molecule has 1 amide bonds. The lowest BCUT2D eigenvalue weighted by atomic mass is 9.78. The molecule has 1 saturated carbocycles. The zero-order valence-corrected chi connectivity index (χ0v) is 47.0. The maximum absolute atomic E-state index is 14.6. The normalized spacial score (nSPS) is 40.4. The predicted molar refractivity (Wildman–Crippen MR) is 279 cm³/mol. The van der Waals surface area contributed by atoms with Gasteiger partial charge in [-0.15, -0.1) is 0 Å². The minimum Gasteiger partial charge on any atom is -0.460 e. The Hall–Kier alpha value is -4.26. The average Bonchev–Trinajstić information content (AvgIpc) is 3.44. The summed E-state index contributed by atoms with van der Waals surface area (Å²) in [4.78, 5) is 85.5. The number of hydrogen-bond donors (Lipinski definition) is 6. The summed E-state index contributed by atoms with van der Waals surface area (Å²) in [6.45, 7) is 11.7. The molecule has 3 saturated heterocycles. The molecule has 440 valence electrons. The van der Waals surface area contributed by atoms with Crippen LogP contribution in [0.2, 0.25) is 0 Å². The van der Waals surface area contributed by atoms with Gasteiger partial charge in [-0.3, -0.25) is 19.2 Å². The molecule has 21 heteroatoms. The molecule has 19 atom stereocenters. The zero-order chi connectivity index (χ0) is 57.8. The highest BCUT2D eigenvalue weighted by molar-refractivity contribution is 6.39. The molecule has 1 aliphatic carbocycles. The predicted octanol–water partition coefficient (Wildman–Crippen LogP) is 4.10. The van der Waals surface area contributed by atoms with E-state index < -0.39 is 133 Å². The first-order valence-electron chi connectivity index (χ1n) is 27.6. The van der Waals surface area contributed by atoms with Gasteiger partial charge in [0.2, 0.25) is 5.79 Å². The topological polar surface area (TPSA) is 301 Å². The van der Waals surface area contributed by atoms with E-state index in [1.807, 2.05) is 51.2 Å². The van der Waals surface area contributed by atoms with Gasteiger partial charge in [-0.25, -0.2) is 9.59 Å². The lowest BCUT2D eigenvalue weighted by molar-refractivity contribution is -0.415. The Kier molecular flexibility index (Phi) is 24.0. The number of methoxy groups -OCH3 is 3. The third-order valence-electron chi connectivity index (χ3n) is 16.5. The van der Waals surface area contributed by atoms with Crippen molar-refractivity contribution in [2.75, 3.05) is 34.5 Å². The summed E-state index contributed by atoms with van der Waals surface area (Å²) in [7, 11) is 4.30. The first-order valence-corrected chi connectivity index (χ1v) is 27.6. The minimum atomic E-state index is -3.00. The van der Waals surface area contributed by atoms with Gasteiger partial charge < -0.3 is 73.4 Å². The molecule has 5 aliphatic rings. The maximum atomic E-state index is 14.6. The van der Waals surface area contributed by atoms with Gasteiger partial charge in [-0.1, -0.05) is 71.1 Å². The van der Waals surface area contributed by atoms with Gasteiger partial charge >= 0.3 is 18.1 Å². The van der Waals surface area contributed by atoms with Crippen LogP contribution in [0.15, 0.2) is 47.6 Å². The van der Waals surface area contributed by atoms with Crippen LogP contribution in [0.3, 0.4) is 0 Å². The highest BCUT2D eigenvalue weighted by Crippen LogP contribution is 2.39. The van der Waals surface area contributed by atoms with Gasteiger partial charge in [-0.2, -0.15) is 0 Å². The molecule has 0 spiro atoms. The number of piperidine rings is 1. The van der Waals surface area contributed by atoms with Crippen molar-refractivity contribution in [1.29, 1.82) is 0 Å². The quantitative estimate of drug-likeness (QED) is 0.0863. The average molecular weight is 1110 g/mol. The molecule has 4 aliphatic heterocycles. The lowest BCUT2D eigenvalue weighted by Gasteiger charge is -2.42. The van der Waals surface area contributed by atoms with Crippen LogP contribution in [0.1, 0.15) is 126 Å². The number of carbonyl (C=O) groups excluding carboxylic acids is 6. The largest absolute Gasteiger partial charge is 0.513 e. The number of ether oxygens (including phenoxy) is 8. The smallest absolute Gasteiger partial charge is 0.460 e. The van der Waals surface area contributed by atoms with Crippen LogP contribution in [-0.2, 0) is 61.9 Å². The molecule has 78 heavy (non-hydrogen) atoms. The fourth-order valence-electron chi connectivity index (χ4n) is 11.4. The SMILES string of the molecule is CO[C@H]1C[C@@H]2CC[C@@H](C)[C@@](O)(O2)C(=O)C(=O)N2CCCC[C@H]2C(=O)O[C@H]([C@H](C)C[C@H]2CC[C@@H](OC(=O)O[C@@]3(O)OC[C@H](O)C(O)[C@@H]3O)[C@H](OC)C2)CC(=O)[C@H](C)/C=C(\C)[C@@H](O)[C@@H](OC)C(=O)[C@H](C)C[C@H](C)/C=C/C=CC=C1C. The number of allylic oxidation sites excluding steroid dienone is 6. The van der Waals surface area contributed by atoms with Crippen molar-refractivity contribution in [3.63, 3.8) is 0 Å². The van der Waals surface area contributed by atoms with Crippen LogP contribution in [0.5, 0.6) is 0 Å². The Labute approximate surface area is 458 Å². The van der Waals surface area contributed by atoms with Gasteiger partial charge in [0.15, 0.2) is 11.9 Å². The summed E-state index contributed by atoms with van der Waals surface area (Å²) in [5, 5.41) is 64.2. The van der Waals surface area contributed by atoms with Crippen molar-refractivity contribution >= 4 is 35.4 Å². The zero-order valence-electron chi connectivity index (χ0n) is 47.0. The van der Waals surface area contributed by atoms with E-state index in [0.717, 1.165) is 10.5 Å². The Morgan fingerprint density at radius 3 is 2.23 bits per heavy atom. The fourth-order valence-corrected chi connectivity index (χ4v) is 11.4. The molecule has 1 unspecified atom stereocenters. The van der Waals surface area contributed by atoms with Crippen molar-refractivity contribution < 1.29 is 97.3 Å². The number of carbonyl (C=O) groups is 6.